The number of aliphatic carboxylic acids is 1. The third-order valence-corrected chi connectivity index (χ3v) is 4.29. The summed E-state index contributed by atoms with van der Waals surface area (Å²) in [6.45, 7) is 0. The molecule has 1 amide bonds. The molecule has 1 aromatic heterocycles. The highest BCUT2D eigenvalue weighted by atomic mass is 16.4. The molecule has 0 bridgehead atoms. The standard InChI is InChI=1S/C17H18N2O4/c18-16(22)10-5-7-11(8-6-10)19-14-4-2-1-3-12(14)13(17(19)23)9-15(20)21/h5-8,23H,1-4,9H2,(H2,18,22)(H,20,21). The first-order chi connectivity index (χ1) is 11.0. The zero-order chi connectivity index (χ0) is 16.6. The summed E-state index contributed by atoms with van der Waals surface area (Å²) in [6, 6.07) is 6.62. The van der Waals surface area contributed by atoms with Crippen molar-refractivity contribution in [3.63, 3.8) is 0 Å². The lowest BCUT2D eigenvalue weighted by atomic mass is 9.94. The number of fused-ring (bicyclic) bond motifs is 1. The van der Waals surface area contributed by atoms with Crippen molar-refractivity contribution < 1.29 is 19.8 Å². The minimum Gasteiger partial charge on any atom is -0.494 e. The quantitative estimate of drug-likeness (QED) is 0.800. The SMILES string of the molecule is NC(=O)c1ccc(-n2c(O)c(CC(=O)O)c3c2CCCC3)cc1. The van der Waals surface area contributed by atoms with Crippen LogP contribution in [0.1, 0.15) is 40.0 Å². The summed E-state index contributed by atoms with van der Waals surface area (Å²) in [5, 5.41) is 19.7. The molecule has 23 heavy (non-hydrogen) atoms. The van der Waals surface area contributed by atoms with E-state index in [2.05, 4.69) is 0 Å². The number of carboxylic acids is 1. The van der Waals surface area contributed by atoms with Gasteiger partial charge in [0.1, 0.15) is 0 Å². The van der Waals surface area contributed by atoms with Crippen LogP contribution in [0.5, 0.6) is 5.88 Å². The van der Waals surface area contributed by atoms with Gasteiger partial charge in [-0.3, -0.25) is 14.2 Å². The average molecular weight is 314 g/mol. The van der Waals surface area contributed by atoms with E-state index in [0.29, 0.717) is 16.8 Å². The number of carbonyl (C=O) groups excluding carboxylic acids is 1. The maximum Gasteiger partial charge on any atom is 0.308 e. The molecular weight excluding hydrogens is 296 g/mol. The first-order valence-corrected chi connectivity index (χ1v) is 7.55. The third-order valence-electron chi connectivity index (χ3n) is 4.29. The van der Waals surface area contributed by atoms with Crippen LogP contribution in [0, 0.1) is 0 Å². The number of carbonyl (C=O) groups is 2. The predicted molar refractivity (Wildman–Crippen MR) is 83.9 cm³/mol. The fraction of sp³-hybridized carbons (Fsp3) is 0.294. The molecule has 0 saturated heterocycles. The van der Waals surface area contributed by atoms with E-state index >= 15 is 0 Å². The topological polar surface area (TPSA) is 106 Å². The number of hydrogen-bond acceptors (Lipinski definition) is 3. The van der Waals surface area contributed by atoms with Gasteiger partial charge in [0.2, 0.25) is 5.91 Å². The Hall–Kier alpha value is -2.76. The van der Waals surface area contributed by atoms with Gasteiger partial charge in [-0.2, -0.15) is 0 Å². The lowest BCUT2D eigenvalue weighted by molar-refractivity contribution is -0.136. The van der Waals surface area contributed by atoms with Gasteiger partial charge >= 0.3 is 5.97 Å². The van der Waals surface area contributed by atoms with E-state index in [9.17, 15) is 14.7 Å². The van der Waals surface area contributed by atoms with Crippen molar-refractivity contribution in [3.05, 3.63) is 46.6 Å². The Morgan fingerprint density at radius 2 is 1.78 bits per heavy atom. The zero-order valence-electron chi connectivity index (χ0n) is 12.6. The molecule has 1 aromatic carbocycles. The summed E-state index contributed by atoms with van der Waals surface area (Å²) in [7, 11) is 0. The molecule has 0 saturated carbocycles. The Bertz CT molecular complexity index is 775. The molecule has 6 nitrogen and oxygen atoms in total. The Labute approximate surface area is 133 Å². The van der Waals surface area contributed by atoms with Crippen LogP contribution < -0.4 is 5.73 Å². The van der Waals surface area contributed by atoms with E-state index < -0.39 is 11.9 Å². The van der Waals surface area contributed by atoms with Gasteiger partial charge in [-0.25, -0.2) is 0 Å². The molecule has 0 aliphatic heterocycles. The Morgan fingerprint density at radius 3 is 2.39 bits per heavy atom. The van der Waals surface area contributed by atoms with Gasteiger partial charge in [0, 0.05) is 22.5 Å². The molecule has 1 aliphatic rings. The number of amides is 1. The largest absolute Gasteiger partial charge is 0.494 e. The number of benzene rings is 1. The molecule has 1 heterocycles. The molecule has 120 valence electrons. The van der Waals surface area contributed by atoms with Gasteiger partial charge < -0.3 is 15.9 Å². The first kappa shape index (κ1) is 15.1. The second-order valence-corrected chi connectivity index (χ2v) is 5.75. The minimum absolute atomic E-state index is 0.0221. The second kappa shape index (κ2) is 5.79. The van der Waals surface area contributed by atoms with E-state index in [0.717, 1.165) is 36.9 Å². The molecule has 2 aromatic rings. The summed E-state index contributed by atoms with van der Waals surface area (Å²) >= 11 is 0. The molecule has 0 radical (unpaired) electrons. The van der Waals surface area contributed by atoms with Gasteiger partial charge in [-0.05, 0) is 55.5 Å². The number of aromatic nitrogens is 1. The zero-order valence-corrected chi connectivity index (χ0v) is 12.6. The molecule has 1 aliphatic carbocycles. The fourth-order valence-corrected chi connectivity index (χ4v) is 3.25. The Morgan fingerprint density at radius 1 is 1.13 bits per heavy atom. The third kappa shape index (κ3) is 2.67. The van der Waals surface area contributed by atoms with Crippen molar-refractivity contribution in [1.82, 2.24) is 4.57 Å². The van der Waals surface area contributed by atoms with E-state index in [1.807, 2.05) is 0 Å². The van der Waals surface area contributed by atoms with Crippen molar-refractivity contribution >= 4 is 11.9 Å². The first-order valence-electron chi connectivity index (χ1n) is 7.55. The van der Waals surface area contributed by atoms with Gasteiger partial charge in [-0.15, -0.1) is 0 Å². The summed E-state index contributed by atoms with van der Waals surface area (Å²) in [6.07, 6.45) is 3.37. The average Bonchev–Trinajstić information content (AvgIpc) is 2.80. The van der Waals surface area contributed by atoms with Crippen LogP contribution in [0.4, 0.5) is 0 Å². The number of rotatable bonds is 4. The maximum atomic E-state index is 11.2. The molecule has 3 rings (SSSR count). The molecule has 0 atom stereocenters. The summed E-state index contributed by atoms with van der Waals surface area (Å²) in [5.41, 5.74) is 8.71. The predicted octanol–water partition coefficient (Wildman–Crippen LogP) is 1.79. The van der Waals surface area contributed by atoms with Crippen LogP contribution in [0.15, 0.2) is 24.3 Å². The van der Waals surface area contributed by atoms with E-state index in [-0.39, 0.29) is 12.3 Å². The molecule has 4 N–H and O–H groups in total. The van der Waals surface area contributed by atoms with Gasteiger partial charge in [0.05, 0.1) is 6.42 Å². The van der Waals surface area contributed by atoms with Gasteiger partial charge in [0.25, 0.3) is 0 Å². The molecule has 0 spiro atoms. The minimum atomic E-state index is -0.963. The number of primary amides is 1. The number of hydrogen-bond donors (Lipinski definition) is 3. The fourth-order valence-electron chi connectivity index (χ4n) is 3.25. The Balaban J connectivity index is 2.13. The van der Waals surface area contributed by atoms with Crippen molar-refractivity contribution in [2.75, 3.05) is 0 Å². The van der Waals surface area contributed by atoms with Crippen LogP contribution in [0.25, 0.3) is 5.69 Å². The molecule has 0 fully saturated rings. The lowest BCUT2D eigenvalue weighted by Gasteiger charge is -2.16. The highest BCUT2D eigenvalue weighted by molar-refractivity contribution is 5.92. The van der Waals surface area contributed by atoms with E-state index in [4.69, 9.17) is 10.8 Å². The summed E-state index contributed by atoms with van der Waals surface area (Å²) in [4.78, 5) is 22.3. The van der Waals surface area contributed by atoms with Crippen LogP contribution >= 0.6 is 0 Å². The van der Waals surface area contributed by atoms with E-state index in [1.165, 1.54) is 0 Å². The van der Waals surface area contributed by atoms with Crippen LogP contribution in [0.2, 0.25) is 0 Å². The number of carboxylic acid groups (broad SMARTS) is 1. The number of nitrogens with zero attached hydrogens (tertiary/aromatic N) is 1. The highest BCUT2D eigenvalue weighted by Crippen LogP contribution is 2.37. The molecular formula is C17H18N2O4. The van der Waals surface area contributed by atoms with Crippen molar-refractivity contribution in [2.45, 2.75) is 32.1 Å². The molecule has 0 unspecified atom stereocenters. The van der Waals surface area contributed by atoms with Crippen molar-refractivity contribution in [3.8, 4) is 11.6 Å². The summed E-state index contributed by atoms with van der Waals surface area (Å²) in [5.74, 6) is -1.50. The maximum absolute atomic E-state index is 11.2. The van der Waals surface area contributed by atoms with Crippen LogP contribution in [0.3, 0.4) is 0 Å². The highest BCUT2D eigenvalue weighted by Gasteiger charge is 2.26. The van der Waals surface area contributed by atoms with Gasteiger partial charge in [0.15, 0.2) is 5.88 Å². The number of nitrogens with two attached hydrogens (primary N) is 1. The Kier molecular flexibility index (Phi) is 3.82. The normalized spacial score (nSPS) is 13.6. The number of aromatic hydroxyl groups is 1. The van der Waals surface area contributed by atoms with Crippen LogP contribution in [-0.2, 0) is 24.1 Å². The van der Waals surface area contributed by atoms with Gasteiger partial charge in [-0.1, -0.05) is 0 Å². The lowest BCUT2D eigenvalue weighted by Crippen LogP contribution is -2.11. The summed E-state index contributed by atoms with van der Waals surface area (Å²) < 4.78 is 1.69. The van der Waals surface area contributed by atoms with E-state index in [1.54, 1.807) is 28.8 Å². The van der Waals surface area contributed by atoms with Crippen LogP contribution in [-0.4, -0.2) is 26.7 Å². The van der Waals surface area contributed by atoms with Crippen molar-refractivity contribution in [1.29, 1.82) is 0 Å². The van der Waals surface area contributed by atoms with Crippen molar-refractivity contribution in [2.24, 2.45) is 5.73 Å². The molecule has 6 heteroatoms. The second-order valence-electron chi connectivity index (χ2n) is 5.75. The smallest absolute Gasteiger partial charge is 0.308 e. The monoisotopic (exact) mass is 314 g/mol.